The maximum Gasteiger partial charge on any atom is 0.256 e. The predicted molar refractivity (Wildman–Crippen MR) is 74.2 cm³/mol. The molecule has 0 unspecified atom stereocenters. The van der Waals surface area contributed by atoms with Crippen molar-refractivity contribution in [2.24, 2.45) is 5.92 Å². The molecule has 1 saturated heterocycles. The number of nitrogens with zero attached hydrogens (tertiary/aromatic N) is 1. The Hall–Kier alpha value is -1.62. The Morgan fingerprint density at radius 1 is 1.47 bits per heavy atom. The number of likely N-dealkylation sites (tertiary alicyclic amines) is 1. The number of pyridine rings is 1. The predicted octanol–water partition coefficient (Wildman–Crippen LogP) is 0.837. The van der Waals surface area contributed by atoms with Crippen molar-refractivity contribution in [3.8, 4) is 0 Å². The lowest BCUT2D eigenvalue weighted by Gasteiger charge is -2.30. The molecular weight excluding hydrogens is 242 g/mol. The van der Waals surface area contributed by atoms with Gasteiger partial charge in [-0.15, -0.1) is 0 Å². The van der Waals surface area contributed by atoms with E-state index in [9.17, 15) is 9.59 Å². The van der Waals surface area contributed by atoms with Crippen molar-refractivity contribution in [1.29, 1.82) is 0 Å². The van der Waals surface area contributed by atoms with Gasteiger partial charge in [0.2, 0.25) is 0 Å². The zero-order valence-electron chi connectivity index (χ0n) is 11.3. The summed E-state index contributed by atoms with van der Waals surface area (Å²) in [6.45, 7) is 5.91. The van der Waals surface area contributed by atoms with E-state index in [1.54, 1.807) is 0 Å². The fourth-order valence-corrected chi connectivity index (χ4v) is 2.30. The molecule has 1 aliphatic heterocycles. The summed E-state index contributed by atoms with van der Waals surface area (Å²) in [5, 5.41) is 2.80. The van der Waals surface area contributed by atoms with Crippen molar-refractivity contribution < 1.29 is 4.79 Å². The lowest BCUT2D eigenvalue weighted by Crippen LogP contribution is -2.39. The second-order valence-corrected chi connectivity index (χ2v) is 5.20. The molecule has 0 aliphatic carbocycles. The van der Waals surface area contributed by atoms with Crippen LogP contribution in [0.15, 0.2) is 23.3 Å². The number of hydrogen-bond acceptors (Lipinski definition) is 3. The number of H-pyrrole nitrogens is 1. The average Bonchev–Trinajstić information content (AvgIpc) is 2.41. The molecule has 1 fully saturated rings. The zero-order valence-corrected chi connectivity index (χ0v) is 11.3. The highest BCUT2D eigenvalue weighted by atomic mass is 16.2. The summed E-state index contributed by atoms with van der Waals surface area (Å²) in [6.07, 6.45) is 5.42. The van der Waals surface area contributed by atoms with Crippen LogP contribution in [0.3, 0.4) is 0 Å². The first-order valence-electron chi connectivity index (χ1n) is 6.84. The molecule has 104 valence electrons. The van der Waals surface area contributed by atoms with Gasteiger partial charge in [-0.3, -0.25) is 9.59 Å². The Morgan fingerprint density at radius 3 is 2.89 bits per heavy atom. The van der Waals surface area contributed by atoms with Gasteiger partial charge < -0.3 is 15.2 Å². The van der Waals surface area contributed by atoms with Crippen LogP contribution in [0, 0.1) is 5.92 Å². The Bertz CT molecular complexity index is 476. The molecule has 0 aromatic carbocycles. The molecule has 0 saturated carbocycles. The topological polar surface area (TPSA) is 65.2 Å². The van der Waals surface area contributed by atoms with Crippen molar-refractivity contribution >= 4 is 5.91 Å². The number of rotatable bonds is 4. The van der Waals surface area contributed by atoms with E-state index >= 15 is 0 Å². The SMILES string of the molecule is CC1CCN(CCNC(=O)c2c[nH]ccc2=O)CC1. The molecule has 2 rings (SSSR count). The maximum atomic E-state index is 11.8. The van der Waals surface area contributed by atoms with Crippen molar-refractivity contribution in [2.75, 3.05) is 26.2 Å². The number of aromatic amines is 1. The summed E-state index contributed by atoms with van der Waals surface area (Å²) in [5.74, 6) is 0.515. The summed E-state index contributed by atoms with van der Waals surface area (Å²) in [4.78, 5) is 28.4. The van der Waals surface area contributed by atoms with Crippen LogP contribution in [-0.2, 0) is 0 Å². The molecular formula is C14H21N3O2. The molecule has 19 heavy (non-hydrogen) atoms. The summed E-state index contributed by atoms with van der Waals surface area (Å²) in [7, 11) is 0. The molecule has 1 amide bonds. The van der Waals surface area contributed by atoms with E-state index in [1.807, 2.05) is 0 Å². The van der Waals surface area contributed by atoms with Gasteiger partial charge in [0, 0.05) is 31.5 Å². The summed E-state index contributed by atoms with van der Waals surface area (Å²) in [5.41, 5.74) is -0.0715. The van der Waals surface area contributed by atoms with E-state index in [0.717, 1.165) is 25.6 Å². The highest BCUT2D eigenvalue weighted by Crippen LogP contribution is 2.14. The first-order chi connectivity index (χ1) is 9.16. The number of nitrogens with one attached hydrogen (secondary N) is 2. The maximum absolute atomic E-state index is 11.8. The van der Waals surface area contributed by atoms with Gasteiger partial charge in [-0.05, 0) is 31.8 Å². The number of carbonyl (C=O) groups is 1. The second-order valence-electron chi connectivity index (χ2n) is 5.20. The molecule has 0 spiro atoms. The lowest BCUT2D eigenvalue weighted by molar-refractivity contribution is 0.0943. The largest absolute Gasteiger partial charge is 0.367 e. The zero-order chi connectivity index (χ0) is 13.7. The summed E-state index contributed by atoms with van der Waals surface area (Å²) < 4.78 is 0. The smallest absolute Gasteiger partial charge is 0.256 e. The second kappa shape index (κ2) is 6.52. The van der Waals surface area contributed by atoms with Crippen molar-refractivity contribution in [2.45, 2.75) is 19.8 Å². The van der Waals surface area contributed by atoms with Gasteiger partial charge in [0.1, 0.15) is 5.56 Å². The highest BCUT2D eigenvalue weighted by molar-refractivity contribution is 5.93. The van der Waals surface area contributed by atoms with E-state index in [-0.39, 0.29) is 16.9 Å². The summed E-state index contributed by atoms with van der Waals surface area (Å²) >= 11 is 0. The molecule has 5 heteroatoms. The Balaban J connectivity index is 1.75. The molecule has 2 heterocycles. The van der Waals surface area contributed by atoms with Gasteiger partial charge >= 0.3 is 0 Å². The highest BCUT2D eigenvalue weighted by Gasteiger charge is 2.15. The third-order valence-electron chi connectivity index (χ3n) is 3.66. The molecule has 1 aromatic heterocycles. The monoisotopic (exact) mass is 263 g/mol. The lowest BCUT2D eigenvalue weighted by atomic mass is 9.99. The van der Waals surface area contributed by atoms with E-state index < -0.39 is 0 Å². The minimum absolute atomic E-state index is 0.176. The number of amides is 1. The molecule has 5 nitrogen and oxygen atoms in total. The molecule has 1 aliphatic rings. The first-order valence-corrected chi connectivity index (χ1v) is 6.84. The Morgan fingerprint density at radius 2 is 2.21 bits per heavy atom. The van der Waals surface area contributed by atoms with Crippen LogP contribution in [0.25, 0.3) is 0 Å². The normalized spacial score (nSPS) is 17.3. The molecule has 2 N–H and O–H groups in total. The number of hydrogen-bond donors (Lipinski definition) is 2. The molecule has 0 atom stereocenters. The van der Waals surface area contributed by atoms with Crippen LogP contribution in [0.5, 0.6) is 0 Å². The van der Waals surface area contributed by atoms with Gasteiger partial charge in [-0.25, -0.2) is 0 Å². The van der Waals surface area contributed by atoms with Crippen LogP contribution in [-0.4, -0.2) is 42.0 Å². The fourth-order valence-electron chi connectivity index (χ4n) is 2.30. The van der Waals surface area contributed by atoms with Crippen molar-refractivity contribution in [3.05, 3.63) is 34.2 Å². The third kappa shape index (κ3) is 3.92. The average molecular weight is 263 g/mol. The molecule has 0 bridgehead atoms. The van der Waals surface area contributed by atoms with E-state index in [0.29, 0.717) is 6.54 Å². The van der Waals surface area contributed by atoms with Crippen LogP contribution in [0.1, 0.15) is 30.1 Å². The van der Waals surface area contributed by atoms with Gasteiger partial charge in [-0.2, -0.15) is 0 Å². The van der Waals surface area contributed by atoms with Crippen LogP contribution in [0.2, 0.25) is 0 Å². The third-order valence-corrected chi connectivity index (χ3v) is 3.66. The van der Waals surface area contributed by atoms with E-state index in [2.05, 4.69) is 22.1 Å². The number of aromatic nitrogens is 1. The minimum Gasteiger partial charge on any atom is -0.367 e. The van der Waals surface area contributed by atoms with Crippen molar-refractivity contribution in [1.82, 2.24) is 15.2 Å². The molecule has 1 aromatic rings. The van der Waals surface area contributed by atoms with Gasteiger partial charge in [0.05, 0.1) is 0 Å². The fraction of sp³-hybridized carbons (Fsp3) is 0.571. The first kappa shape index (κ1) is 13.8. The van der Waals surface area contributed by atoms with Gasteiger partial charge in [0.25, 0.3) is 5.91 Å². The van der Waals surface area contributed by atoms with Crippen LogP contribution in [0.4, 0.5) is 0 Å². The quantitative estimate of drug-likeness (QED) is 0.846. The molecule has 0 radical (unpaired) electrons. The van der Waals surface area contributed by atoms with Gasteiger partial charge in [0.15, 0.2) is 5.43 Å². The van der Waals surface area contributed by atoms with Gasteiger partial charge in [-0.1, -0.05) is 6.92 Å². The number of carbonyl (C=O) groups excluding carboxylic acids is 1. The van der Waals surface area contributed by atoms with Crippen LogP contribution >= 0.6 is 0 Å². The standard InChI is InChI=1S/C14H21N3O2/c1-11-3-7-17(8-4-11)9-6-16-14(19)12-10-15-5-2-13(12)18/h2,5,10-11H,3-4,6-9H2,1H3,(H,15,18)(H,16,19). The Kier molecular flexibility index (Phi) is 4.74. The Labute approximate surface area is 113 Å². The van der Waals surface area contributed by atoms with E-state index in [1.165, 1.54) is 31.3 Å². The van der Waals surface area contributed by atoms with Crippen LogP contribution < -0.4 is 10.7 Å². The van der Waals surface area contributed by atoms with E-state index in [4.69, 9.17) is 0 Å². The van der Waals surface area contributed by atoms with Crippen molar-refractivity contribution in [3.63, 3.8) is 0 Å². The minimum atomic E-state index is -0.299. The number of piperidine rings is 1. The summed E-state index contributed by atoms with van der Waals surface area (Å²) in [6, 6.07) is 1.36.